The summed E-state index contributed by atoms with van der Waals surface area (Å²) in [4.78, 5) is 0. The van der Waals surface area contributed by atoms with Gasteiger partial charge in [-0.15, -0.1) is 0 Å². The minimum Gasteiger partial charge on any atom is -0.497 e. The lowest BCUT2D eigenvalue weighted by Crippen LogP contribution is -2.36. The molecule has 20 heavy (non-hydrogen) atoms. The lowest BCUT2D eigenvalue weighted by atomic mass is 10.1. The van der Waals surface area contributed by atoms with Crippen LogP contribution in [-0.2, 0) is 6.54 Å². The van der Waals surface area contributed by atoms with Crippen LogP contribution in [-0.4, -0.2) is 18.8 Å². The van der Waals surface area contributed by atoms with Crippen molar-refractivity contribution in [3.63, 3.8) is 0 Å². The first-order valence-corrected chi connectivity index (χ1v) is 7.22. The zero-order chi connectivity index (χ0) is 14.1. The molecule has 0 aliphatic heterocycles. The van der Waals surface area contributed by atoms with E-state index < -0.39 is 0 Å². The van der Waals surface area contributed by atoms with Crippen molar-refractivity contribution in [2.75, 3.05) is 13.7 Å². The fraction of sp³-hybridized carbons (Fsp3) is 0.188. The molecule has 0 unspecified atom stereocenters. The third-order valence-electron chi connectivity index (χ3n) is 3.45. The van der Waals surface area contributed by atoms with E-state index in [-0.39, 0.29) is 6.61 Å². The predicted octanol–water partition coefficient (Wildman–Crippen LogP) is 3.04. The molecular formula is C16H15BrNO2+. The molecular weight excluding hydrogens is 318 g/mol. The van der Waals surface area contributed by atoms with Gasteiger partial charge in [0.15, 0.2) is 12.7 Å². The molecule has 0 atom stereocenters. The van der Waals surface area contributed by atoms with Crippen molar-refractivity contribution in [1.29, 1.82) is 0 Å². The summed E-state index contributed by atoms with van der Waals surface area (Å²) in [6, 6.07) is 12.3. The summed E-state index contributed by atoms with van der Waals surface area (Å²) < 4.78 is 8.41. The number of aliphatic hydroxyl groups excluding tert-OH is 1. The van der Waals surface area contributed by atoms with Crippen molar-refractivity contribution in [3.8, 4) is 5.75 Å². The van der Waals surface area contributed by atoms with E-state index in [2.05, 4.69) is 44.9 Å². The van der Waals surface area contributed by atoms with Gasteiger partial charge in [0, 0.05) is 15.9 Å². The highest BCUT2D eigenvalue weighted by molar-refractivity contribution is 9.10. The molecule has 0 aliphatic carbocycles. The molecule has 0 amide bonds. The summed E-state index contributed by atoms with van der Waals surface area (Å²) in [6.45, 7) is 0.691. The fourth-order valence-corrected chi connectivity index (χ4v) is 2.89. The zero-order valence-electron chi connectivity index (χ0n) is 11.1. The number of aliphatic hydroxyl groups is 1. The van der Waals surface area contributed by atoms with E-state index in [4.69, 9.17) is 4.74 Å². The highest BCUT2D eigenvalue weighted by Gasteiger charge is 2.13. The Balaban J connectivity index is 2.40. The standard InChI is InChI=1S/C16H15BrNO2/c1-20-13-3-4-14-11(8-13)10-18(6-7-19)16-5-2-12(17)9-15(14)16/h2-5,8-10,19H,6-7H2,1H3/q+1. The van der Waals surface area contributed by atoms with Gasteiger partial charge in [-0.2, -0.15) is 4.57 Å². The van der Waals surface area contributed by atoms with Crippen LogP contribution in [0.25, 0.3) is 21.7 Å². The summed E-state index contributed by atoms with van der Waals surface area (Å²) in [7, 11) is 1.67. The monoisotopic (exact) mass is 332 g/mol. The van der Waals surface area contributed by atoms with Crippen molar-refractivity contribution >= 4 is 37.6 Å². The van der Waals surface area contributed by atoms with Gasteiger partial charge >= 0.3 is 0 Å². The normalized spacial score (nSPS) is 11.2. The molecule has 0 radical (unpaired) electrons. The molecule has 2 aromatic carbocycles. The maximum absolute atomic E-state index is 9.25. The molecule has 102 valence electrons. The first-order valence-electron chi connectivity index (χ1n) is 6.43. The largest absolute Gasteiger partial charge is 0.497 e. The zero-order valence-corrected chi connectivity index (χ0v) is 12.7. The quantitative estimate of drug-likeness (QED) is 0.590. The smallest absolute Gasteiger partial charge is 0.213 e. The van der Waals surface area contributed by atoms with Gasteiger partial charge in [-0.25, -0.2) is 0 Å². The molecule has 3 aromatic rings. The molecule has 0 bridgehead atoms. The summed E-state index contributed by atoms with van der Waals surface area (Å²) in [5.41, 5.74) is 1.11. The number of hydrogen-bond acceptors (Lipinski definition) is 2. The number of benzene rings is 2. The molecule has 1 aromatic heterocycles. The summed E-state index contributed by atoms with van der Waals surface area (Å²) in [6.07, 6.45) is 2.06. The average Bonchev–Trinajstić information content (AvgIpc) is 2.46. The van der Waals surface area contributed by atoms with Crippen LogP contribution in [0.3, 0.4) is 0 Å². The molecule has 0 fully saturated rings. The van der Waals surface area contributed by atoms with Gasteiger partial charge in [0.2, 0.25) is 5.52 Å². The van der Waals surface area contributed by atoms with Gasteiger partial charge in [0.05, 0.1) is 17.9 Å². The first-order chi connectivity index (χ1) is 9.72. The molecule has 0 spiro atoms. The Labute approximate surface area is 125 Å². The van der Waals surface area contributed by atoms with Crippen LogP contribution in [0.2, 0.25) is 0 Å². The Kier molecular flexibility index (Phi) is 3.59. The van der Waals surface area contributed by atoms with Crippen LogP contribution < -0.4 is 9.30 Å². The van der Waals surface area contributed by atoms with Crippen molar-refractivity contribution in [2.45, 2.75) is 6.54 Å². The Hall–Kier alpha value is -1.65. The molecule has 1 N–H and O–H groups in total. The minimum absolute atomic E-state index is 0.116. The van der Waals surface area contributed by atoms with Crippen molar-refractivity contribution in [2.24, 2.45) is 0 Å². The molecule has 0 saturated heterocycles. The Morgan fingerprint density at radius 2 is 2.00 bits per heavy atom. The van der Waals surface area contributed by atoms with Crippen molar-refractivity contribution < 1.29 is 14.4 Å². The predicted molar refractivity (Wildman–Crippen MR) is 83.0 cm³/mol. The second-order valence-electron chi connectivity index (χ2n) is 4.66. The van der Waals surface area contributed by atoms with Gasteiger partial charge < -0.3 is 9.84 Å². The Bertz CT molecular complexity index is 786. The number of ether oxygens (including phenoxy) is 1. The van der Waals surface area contributed by atoms with E-state index in [1.807, 2.05) is 18.2 Å². The van der Waals surface area contributed by atoms with E-state index in [1.165, 1.54) is 5.39 Å². The lowest BCUT2D eigenvalue weighted by molar-refractivity contribution is -0.671. The van der Waals surface area contributed by atoms with Crippen LogP contribution in [0, 0.1) is 0 Å². The van der Waals surface area contributed by atoms with E-state index >= 15 is 0 Å². The number of methoxy groups -OCH3 is 1. The molecule has 4 heteroatoms. The summed E-state index contributed by atoms with van der Waals surface area (Å²) in [5, 5.41) is 12.7. The number of rotatable bonds is 3. The van der Waals surface area contributed by atoms with Crippen LogP contribution >= 0.6 is 15.9 Å². The SMILES string of the molecule is COc1ccc2c(c1)c[n+](CCO)c1ccc(Br)cc21. The maximum atomic E-state index is 9.25. The van der Waals surface area contributed by atoms with E-state index in [9.17, 15) is 5.11 Å². The average molecular weight is 333 g/mol. The van der Waals surface area contributed by atoms with E-state index in [1.54, 1.807) is 7.11 Å². The van der Waals surface area contributed by atoms with Crippen LogP contribution in [0.15, 0.2) is 47.1 Å². The number of hydrogen-bond donors (Lipinski definition) is 1. The minimum atomic E-state index is 0.116. The van der Waals surface area contributed by atoms with Crippen molar-refractivity contribution in [1.82, 2.24) is 0 Å². The molecule has 1 heterocycles. The topological polar surface area (TPSA) is 33.3 Å². The van der Waals surface area contributed by atoms with E-state index in [0.717, 1.165) is 26.5 Å². The maximum Gasteiger partial charge on any atom is 0.213 e. The van der Waals surface area contributed by atoms with Gasteiger partial charge in [-0.05, 0) is 30.3 Å². The number of nitrogens with zero attached hydrogens (tertiary/aromatic N) is 1. The van der Waals surface area contributed by atoms with Gasteiger partial charge in [0.25, 0.3) is 0 Å². The van der Waals surface area contributed by atoms with Gasteiger partial charge in [-0.1, -0.05) is 15.9 Å². The highest BCUT2D eigenvalue weighted by Crippen LogP contribution is 2.28. The third-order valence-corrected chi connectivity index (χ3v) is 3.95. The number of fused-ring (bicyclic) bond motifs is 3. The van der Waals surface area contributed by atoms with Crippen molar-refractivity contribution in [3.05, 3.63) is 47.1 Å². The number of aromatic nitrogens is 1. The highest BCUT2D eigenvalue weighted by atomic mass is 79.9. The molecule has 3 rings (SSSR count). The third kappa shape index (κ3) is 2.25. The number of halogens is 1. The summed E-state index contributed by atoms with van der Waals surface area (Å²) >= 11 is 3.53. The van der Waals surface area contributed by atoms with Gasteiger partial charge in [0.1, 0.15) is 12.4 Å². The van der Waals surface area contributed by atoms with E-state index in [0.29, 0.717) is 6.54 Å². The Morgan fingerprint density at radius 3 is 2.75 bits per heavy atom. The summed E-state index contributed by atoms with van der Waals surface area (Å²) in [5.74, 6) is 0.836. The number of pyridine rings is 1. The molecule has 0 aliphatic rings. The second kappa shape index (κ2) is 5.38. The fourth-order valence-electron chi connectivity index (χ4n) is 2.52. The Morgan fingerprint density at radius 1 is 1.15 bits per heavy atom. The van der Waals surface area contributed by atoms with Crippen LogP contribution in [0.1, 0.15) is 0 Å². The first kappa shape index (κ1) is 13.3. The van der Waals surface area contributed by atoms with Crippen LogP contribution in [0.5, 0.6) is 5.75 Å². The van der Waals surface area contributed by atoms with Gasteiger partial charge in [-0.3, -0.25) is 0 Å². The lowest BCUT2D eigenvalue weighted by Gasteiger charge is -2.07. The second-order valence-corrected chi connectivity index (χ2v) is 5.58. The van der Waals surface area contributed by atoms with Crippen LogP contribution in [0.4, 0.5) is 0 Å². The molecule has 0 saturated carbocycles. The molecule has 3 nitrogen and oxygen atoms in total.